The van der Waals surface area contributed by atoms with Gasteiger partial charge in [0.2, 0.25) is 0 Å². The van der Waals surface area contributed by atoms with E-state index in [1.54, 1.807) is 0 Å². The molecule has 4 aliphatic rings. The predicted molar refractivity (Wildman–Crippen MR) is 64.5 cm³/mol. The highest BCUT2D eigenvalue weighted by molar-refractivity contribution is 7.85. The highest BCUT2D eigenvalue weighted by Crippen LogP contribution is 2.60. The first-order chi connectivity index (χ1) is 8.00. The van der Waals surface area contributed by atoms with E-state index >= 15 is 0 Å². The van der Waals surface area contributed by atoms with Crippen LogP contribution in [0.4, 0.5) is 0 Å². The Morgan fingerprint density at radius 3 is 2.06 bits per heavy atom. The van der Waals surface area contributed by atoms with E-state index in [1.807, 2.05) is 0 Å². The molecule has 4 fully saturated rings. The fraction of sp³-hybridized carbons (Fsp3) is 0.923. The second-order valence-electron chi connectivity index (χ2n) is 6.18. The lowest BCUT2D eigenvalue weighted by atomic mass is 9.48. The third kappa shape index (κ3) is 1.68. The maximum Gasteiger partial charge on any atom is 0.151 e. The number of hydrogen-bond donors (Lipinski definition) is 0. The van der Waals surface area contributed by atoms with Gasteiger partial charge in [0, 0.05) is 23.8 Å². The zero-order valence-electron chi connectivity index (χ0n) is 10.8. The van der Waals surface area contributed by atoms with Crippen LogP contribution in [0, 0.1) is 23.2 Å². The maximum absolute atomic E-state index is 12.5. The van der Waals surface area contributed by atoms with Crippen LogP contribution in [-0.4, -0.2) is 22.0 Å². The number of carbonyl (C=O) groups excluding carboxylic acids is 1. The van der Waals surface area contributed by atoms with Gasteiger partial charge in [-0.05, 0) is 56.3 Å². The van der Waals surface area contributed by atoms with Gasteiger partial charge in [-0.2, -0.15) is 0 Å². The summed E-state index contributed by atoms with van der Waals surface area (Å²) in [6.07, 6.45) is 8.30. The van der Waals surface area contributed by atoms with E-state index in [1.165, 1.54) is 25.5 Å². The number of carbonyl (C=O) groups is 1. The molecule has 0 aliphatic heterocycles. The lowest BCUT2D eigenvalue weighted by molar-refractivity contribution is -0.141. The summed E-state index contributed by atoms with van der Waals surface area (Å²) in [4.78, 5) is 12.5. The Labute approximate surface area is 101 Å². The average Bonchev–Trinajstić information content (AvgIpc) is 2.25. The van der Waals surface area contributed by atoms with Crippen LogP contribution in [0.25, 0.3) is 0 Å². The molecule has 2 nitrogen and oxygen atoms in total. The van der Waals surface area contributed by atoms with Crippen molar-refractivity contribution in [2.45, 2.75) is 38.5 Å². The summed E-state index contributed by atoms with van der Waals surface area (Å²) in [5.74, 6) is 2.12. The van der Waals surface area contributed by atoms with Gasteiger partial charge < -0.3 is 0 Å². The summed E-state index contributed by atoms with van der Waals surface area (Å²) >= 11 is 0. The Morgan fingerprint density at radius 1 is 1.25 bits per heavy atom. The number of Topliss-reactive ketones (excluding diaryl/α,β-unsaturated/α-hetero) is 1. The molecular weight excluding hydrogens is 220 g/mol. The molecular formula is C13H20O2S. The molecule has 4 bridgehead atoms. The van der Waals surface area contributed by atoms with Gasteiger partial charge in [0.25, 0.3) is 0 Å². The van der Waals surface area contributed by atoms with Crippen molar-refractivity contribution >= 4 is 16.6 Å². The van der Waals surface area contributed by atoms with E-state index in [0.29, 0.717) is 17.8 Å². The third-order valence-corrected chi connectivity index (χ3v) is 5.38. The largest absolute Gasteiger partial charge is 0.298 e. The molecule has 0 spiro atoms. The van der Waals surface area contributed by atoms with Gasteiger partial charge in [0.15, 0.2) is 5.78 Å². The number of rotatable bonds is 3. The first kappa shape index (κ1) is 9.81. The minimum Gasteiger partial charge on any atom is -0.298 e. The molecule has 2 unspecified atom stereocenters. The second-order valence-corrected chi connectivity index (χ2v) is 7.41. The predicted octanol–water partition coefficient (Wildman–Crippen LogP) is 2.15. The van der Waals surface area contributed by atoms with E-state index in [-0.39, 0.29) is 11.2 Å². The van der Waals surface area contributed by atoms with Gasteiger partial charge in [0.1, 0.15) is 0 Å². The molecule has 0 amide bonds. The van der Waals surface area contributed by atoms with Crippen LogP contribution in [0.3, 0.4) is 0 Å². The minimum atomic E-state index is -1.34. The summed E-state index contributed by atoms with van der Waals surface area (Å²) in [5.41, 5.74) is -1.27. The standard InChI is InChI=1S/C13H20O2S/c1-16(15)8-12(14)13-5-9-2-10(6-13)4-11(3-9)7-13/h9-11H,2-8H2,1H3/i8D. The first-order valence-corrected chi connectivity index (χ1v) is 7.91. The van der Waals surface area contributed by atoms with Crippen LogP contribution < -0.4 is 0 Å². The van der Waals surface area contributed by atoms with Crippen molar-refractivity contribution in [3.05, 3.63) is 0 Å². The Kier molecular flexibility index (Phi) is 2.24. The van der Waals surface area contributed by atoms with Crippen LogP contribution in [0.1, 0.15) is 39.9 Å². The molecule has 3 heteroatoms. The van der Waals surface area contributed by atoms with Crippen LogP contribution in [-0.2, 0) is 15.6 Å². The molecule has 4 rings (SSSR count). The highest BCUT2D eigenvalue weighted by atomic mass is 32.2. The van der Waals surface area contributed by atoms with Gasteiger partial charge in [-0.1, -0.05) is 0 Å². The topological polar surface area (TPSA) is 34.1 Å². The van der Waals surface area contributed by atoms with Gasteiger partial charge >= 0.3 is 0 Å². The summed E-state index contributed by atoms with van der Waals surface area (Å²) in [5, 5.41) is 0. The molecule has 0 aromatic rings. The summed E-state index contributed by atoms with van der Waals surface area (Å²) in [7, 11) is -1.34. The van der Waals surface area contributed by atoms with Gasteiger partial charge in [0.05, 0.1) is 5.73 Å². The summed E-state index contributed by atoms with van der Waals surface area (Å²) in [6.45, 7) is 0. The highest BCUT2D eigenvalue weighted by Gasteiger charge is 2.54. The molecule has 0 heterocycles. The minimum absolute atomic E-state index is 0.0163. The van der Waals surface area contributed by atoms with Crippen molar-refractivity contribution < 1.29 is 10.4 Å². The first-order valence-electron chi connectivity index (χ1n) is 6.87. The van der Waals surface area contributed by atoms with Gasteiger partial charge in [-0.15, -0.1) is 0 Å². The maximum atomic E-state index is 12.5. The van der Waals surface area contributed by atoms with Crippen molar-refractivity contribution in [2.75, 3.05) is 12.0 Å². The van der Waals surface area contributed by atoms with Gasteiger partial charge in [-0.25, -0.2) is 0 Å². The molecule has 0 N–H and O–H groups in total. The molecule has 2 atom stereocenters. The monoisotopic (exact) mass is 241 g/mol. The van der Waals surface area contributed by atoms with E-state index in [2.05, 4.69) is 0 Å². The normalized spacial score (nSPS) is 49.8. The van der Waals surface area contributed by atoms with Crippen LogP contribution in [0.15, 0.2) is 0 Å². The fourth-order valence-electron chi connectivity index (χ4n) is 4.69. The Morgan fingerprint density at radius 2 is 1.69 bits per heavy atom. The van der Waals surface area contributed by atoms with Crippen molar-refractivity contribution in [3.63, 3.8) is 0 Å². The van der Waals surface area contributed by atoms with Crippen molar-refractivity contribution in [2.24, 2.45) is 23.2 Å². The van der Waals surface area contributed by atoms with Crippen molar-refractivity contribution in [1.82, 2.24) is 0 Å². The second kappa shape index (κ2) is 3.66. The lowest BCUT2D eigenvalue weighted by Crippen LogP contribution is -2.51. The molecule has 4 aliphatic carbocycles. The van der Waals surface area contributed by atoms with E-state index in [4.69, 9.17) is 1.37 Å². The Balaban J connectivity index is 1.86. The number of ketones is 1. The smallest absolute Gasteiger partial charge is 0.151 e. The SMILES string of the molecule is [2H]C(C(=O)C12CC3CC(CC(C3)C1)C2)S(C)=O. The van der Waals surface area contributed by atoms with Crippen LogP contribution in [0.2, 0.25) is 0 Å². The quantitative estimate of drug-likeness (QED) is 0.758. The molecule has 90 valence electrons. The zero-order chi connectivity index (χ0) is 12.2. The van der Waals surface area contributed by atoms with Crippen molar-refractivity contribution in [1.29, 1.82) is 0 Å². The lowest BCUT2D eigenvalue weighted by Gasteiger charge is -2.55. The molecule has 0 saturated heterocycles. The van der Waals surface area contributed by atoms with Crippen molar-refractivity contribution in [3.8, 4) is 0 Å². The van der Waals surface area contributed by atoms with E-state index < -0.39 is 16.5 Å². The zero-order valence-corrected chi connectivity index (χ0v) is 10.6. The third-order valence-electron chi connectivity index (χ3n) is 4.83. The summed E-state index contributed by atoms with van der Waals surface area (Å²) in [6, 6.07) is 0. The van der Waals surface area contributed by atoms with E-state index in [0.717, 1.165) is 19.3 Å². The average molecular weight is 241 g/mol. The van der Waals surface area contributed by atoms with Crippen LogP contribution in [0.5, 0.6) is 0 Å². The fourth-order valence-corrected chi connectivity index (χ4v) is 5.24. The Bertz CT molecular complexity index is 344. The summed E-state index contributed by atoms with van der Waals surface area (Å²) < 4.78 is 19.2. The molecule has 0 aromatic heterocycles. The van der Waals surface area contributed by atoms with Gasteiger partial charge in [-0.3, -0.25) is 9.00 Å². The van der Waals surface area contributed by atoms with Crippen LogP contribution >= 0.6 is 0 Å². The molecule has 0 radical (unpaired) electrons. The molecule has 4 saturated carbocycles. The van der Waals surface area contributed by atoms with E-state index in [9.17, 15) is 9.00 Å². The Hall–Kier alpha value is -0.180. The molecule has 0 aromatic carbocycles. The molecule has 16 heavy (non-hydrogen) atoms. The number of hydrogen-bond acceptors (Lipinski definition) is 2.